The molecule has 0 N–H and O–H groups in total. The van der Waals surface area contributed by atoms with Gasteiger partial charge in [-0.3, -0.25) is 0 Å². The highest BCUT2D eigenvalue weighted by Crippen LogP contribution is 2.36. The predicted octanol–water partition coefficient (Wildman–Crippen LogP) is 1.31. The first-order valence-corrected chi connectivity index (χ1v) is 8.55. The van der Waals surface area contributed by atoms with Crippen molar-refractivity contribution in [2.45, 2.75) is 51.5 Å². The molecule has 0 spiro atoms. The molecule has 1 aromatic rings. The Labute approximate surface area is 133 Å². The minimum Gasteiger partial charge on any atom is -0.399 e. The van der Waals surface area contributed by atoms with E-state index in [1.54, 1.807) is 0 Å². The summed E-state index contributed by atoms with van der Waals surface area (Å²) in [7, 11) is -5.01. The van der Waals surface area contributed by atoms with Crippen LogP contribution in [-0.4, -0.2) is 47.9 Å². The summed E-state index contributed by atoms with van der Waals surface area (Å²) in [6.07, 6.45) is -3.64. The van der Waals surface area contributed by atoms with Crippen LogP contribution < -0.4 is 5.46 Å². The van der Waals surface area contributed by atoms with Gasteiger partial charge in [0.15, 0.2) is 0 Å². The molecule has 1 aliphatic heterocycles. The quantitative estimate of drug-likeness (QED) is 0.763. The first kappa shape index (κ1) is 18.3. The molecule has 0 aliphatic carbocycles. The second kappa shape index (κ2) is 5.49. The average molecular weight is 354 g/mol. The molecule has 0 radical (unpaired) electrons. The number of halogens is 3. The Kier molecular flexibility index (Phi) is 4.36. The SMILES string of the molecule is CC1(C)OB(c2cnn(S(=O)(=O)CCC(F)(F)F)c2)OC1(C)C. The van der Waals surface area contributed by atoms with Gasteiger partial charge in [-0.25, -0.2) is 8.42 Å². The van der Waals surface area contributed by atoms with Gasteiger partial charge < -0.3 is 9.31 Å². The lowest BCUT2D eigenvalue weighted by molar-refractivity contribution is -0.130. The van der Waals surface area contributed by atoms with Gasteiger partial charge >= 0.3 is 13.3 Å². The van der Waals surface area contributed by atoms with Crippen LogP contribution in [0.1, 0.15) is 34.1 Å². The van der Waals surface area contributed by atoms with Gasteiger partial charge in [0.25, 0.3) is 10.0 Å². The Morgan fingerprint density at radius 2 is 1.74 bits per heavy atom. The van der Waals surface area contributed by atoms with Crippen molar-refractivity contribution >= 4 is 22.6 Å². The number of nitrogens with zero attached hydrogens (tertiary/aromatic N) is 2. The van der Waals surface area contributed by atoms with Crippen LogP contribution in [0, 0.1) is 0 Å². The third-order valence-corrected chi connectivity index (χ3v) is 5.52. The summed E-state index contributed by atoms with van der Waals surface area (Å²) in [5.41, 5.74) is -0.900. The monoisotopic (exact) mass is 354 g/mol. The van der Waals surface area contributed by atoms with E-state index in [9.17, 15) is 21.6 Å². The molecule has 0 saturated carbocycles. The van der Waals surface area contributed by atoms with E-state index in [1.807, 2.05) is 27.7 Å². The summed E-state index contributed by atoms with van der Waals surface area (Å²) >= 11 is 0. The van der Waals surface area contributed by atoms with Gasteiger partial charge in [0.05, 0.1) is 23.4 Å². The number of alkyl halides is 3. The predicted molar refractivity (Wildman–Crippen MR) is 77.8 cm³/mol. The average Bonchev–Trinajstić information content (AvgIpc) is 2.91. The molecule has 0 unspecified atom stereocenters. The first-order chi connectivity index (χ1) is 10.2. The molecule has 2 heterocycles. The van der Waals surface area contributed by atoms with E-state index in [0.717, 1.165) is 6.20 Å². The minimum atomic E-state index is -4.55. The molecule has 23 heavy (non-hydrogen) atoms. The zero-order valence-corrected chi connectivity index (χ0v) is 14.0. The van der Waals surface area contributed by atoms with Crippen molar-refractivity contribution < 1.29 is 30.9 Å². The van der Waals surface area contributed by atoms with Crippen LogP contribution in [0.3, 0.4) is 0 Å². The minimum absolute atomic E-state index is 0.333. The van der Waals surface area contributed by atoms with Gasteiger partial charge in [0.2, 0.25) is 0 Å². The molecular formula is C12H18BF3N2O4S. The summed E-state index contributed by atoms with van der Waals surface area (Å²) in [5.74, 6) is -1.07. The van der Waals surface area contributed by atoms with Gasteiger partial charge in [-0.1, -0.05) is 0 Å². The fraction of sp³-hybridized carbons (Fsp3) is 0.750. The zero-order chi connectivity index (χ0) is 17.7. The zero-order valence-electron chi connectivity index (χ0n) is 13.2. The van der Waals surface area contributed by atoms with Crippen molar-refractivity contribution in [2.75, 3.05) is 5.75 Å². The molecule has 0 aromatic carbocycles. The van der Waals surface area contributed by atoms with Crippen LogP contribution in [-0.2, 0) is 19.3 Å². The van der Waals surface area contributed by atoms with Crippen LogP contribution in [0.5, 0.6) is 0 Å². The van der Waals surface area contributed by atoms with Gasteiger partial charge in [-0.2, -0.15) is 22.4 Å². The number of hydrogen-bond acceptors (Lipinski definition) is 5. The lowest BCUT2D eigenvalue weighted by Gasteiger charge is -2.32. The Morgan fingerprint density at radius 1 is 1.22 bits per heavy atom. The highest BCUT2D eigenvalue weighted by molar-refractivity contribution is 7.89. The van der Waals surface area contributed by atoms with Crippen molar-refractivity contribution in [3.8, 4) is 0 Å². The van der Waals surface area contributed by atoms with Crippen molar-refractivity contribution in [2.24, 2.45) is 0 Å². The van der Waals surface area contributed by atoms with Crippen LogP contribution >= 0.6 is 0 Å². The largest absolute Gasteiger partial charge is 0.498 e. The van der Waals surface area contributed by atoms with Crippen molar-refractivity contribution in [1.29, 1.82) is 0 Å². The third-order valence-electron chi connectivity index (χ3n) is 4.03. The fourth-order valence-corrected chi connectivity index (χ4v) is 3.06. The Bertz CT molecular complexity index is 669. The molecule has 11 heteroatoms. The van der Waals surface area contributed by atoms with E-state index >= 15 is 0 Å². The first-order valence-electron chi connectivity index (χ1n) is 6.94. The molecule has 6 nitrogen and oxygen atoms in total. The molecule has 130 valence electrons. The maximum absolute atomic E-state index is 12.2. The molecular weight excluding hydrogens is 336 g/mol. The summed E-state index contributed by atoms with van der Waals surface area (Å²) in [4.78, 5) is 0. The van der Waals surface area contributed by atoms with E-state index < -0.39 is 46.7 Å². The topological polar surface area (TPSA) is 70.4 Å². The Balaban J connectivity index is 2.16. The second-order valence-electron chi connectivity index (χ2n) is 6.42. The van der Waals surface area contributed by atoms with E-state index in [-0.39, 0.29) is 0 Å². The van der Waals surface area contributed by atoms with Crippen LogP contribution in [0.25, 0.3) is 0 Å². The van der Waals surface area contributed by atoms with E-state index in [2.05, 4.69) is 5.10 Å². The van der Waals surface area contributed by atoms with Crippen LogP contribution in [0.15, 0.2) is 12.4 Å². The maximum Gasteiger partial charge on any atom is 0.498 e. The van der Waals surface area contributed by atoms with Crippen molar-refractivity contribution in [3.63, 3.8) is 0 Å². The highest BCUT2D eigenvalue weighted by Gasteiger charge is 2.52. The fourth-order valence-electron chi connectivity index (χ4n) is 1.91. The lowest BCUT2D eigenvalue weighted by atomic mass is 9.82. The molecule has 0 bridgehead atoms. The van der Waals surface area contributed by atoms with Gasteiger partial charge in [-0.15, -0.1) is 0 Å². The van der Waals surface area contributed by atoms with Crippen molar-refractivity contribution in [3.05, 3.63) is 12.4 Å². The molecule has 2 rings (SSSR count). The molecule has 1 fully saturated rings. The number of aromatic nitrogens is 2. The van der Waals surface area contributed by atoms with Gasteiger partial charge in [-0.05, 0) is 27.7 Å². The molecule has 1 aliphatic rings. The molecule has 0 atom stereocenters. The molecule has 0 amide bonds. The number of hydrogen-bond donors (Lipinski definition) is 0. The Morgan fingerprint density at radius 3 is 2.22 bits per heavy atom. The van der Waals surface area contributed by atoms with Gasteiger partial charge in [0, 0.05) is 17.9 Å². The summed E-state index contributed by atoms with van der Waals surface area (Å²) in [6, 6.07) is 0. The van der Waals surface area contributed by atoms with E-state index in [4.69, 9.17) is 9.31 Å². The molecule has 1 aromatic heterocycles. The maximum atomic E-state index is 12.2. The van der Waals surface area contributed by atoms with E-state index in [0.29, 0.717) is 9.55 Å². The van der Waals surface area contributed by atoms with Crippen molar-refractivity contribution in [1.82, 2.24) is 9.19 Å². The summed E-state index contributed by atoms with van der Waals surface area (Å²) < 4.78 is 72.3. The third kappa shape index (κ3) is 3.89. The summed E-state index contributed by atoms with van der Waals surface area (Å²) in [5, 5.41) is 3.63. The van der Waals surface area contributed by atoms with Crippen LogP contribution in [0.2, 0.25) is 0 Å². The summed E-state index contributed by atoms with van der Waals surface area (Å²) in [6.45, 7) is 7.32. The number of rotatable bonds is 4. The lowest BCUT2D eigenvalue weighted by Crippen LogP contribution is -2.41. The second-order valence-corrected chi connectivity index (χ2v) is 8.36. The highest BCUT2D eigenvalue weighted by atomic mass is 32.2. The molecule has 1 saturated heterocycles. The smallest absolute Gasteiger partial charge is 0.399 e. The van der Waals surface area contributed by atoms with Crippen LogP contribution in [0.4, 0.5) is 13.2 Å². The van der Waals surface area contributed by atoms with Gasteiger partial charge in [0.1, 0.15) is 0 Å². The normalized spacial score (nSPS) is 20.9. The Hall–Kier alpha value is -1.07. The van der Waals surface area contributed by atoms with E-state index in [1.165, 1.54) is 6.20 Å². The standard InChI is InChI=1S/C12H18BF3N2O4S/c1-10(2)11(3,4)22-13(21-10)9-7-17-18(8-9)23(19,20)6-5-12(14,15)16/h7-8H,5-6H2,1-4H3.